The van der Waals surface area contributed by atoms with Gasteiger partial charge in [-0.25, -0.2) is 19.2 Å². The predicted molar refractivity (Wildman–Crippen MR) is 171 cm³/mol. The van der Waals surface area contributed by atoms with Crippen molar-refractivity contribution in [3.05, 3.63) is 106 Å². The molecule has 0 unspecified atom stereocenters. The molecule has 0 saturated carbocycles. The van der Waals surface area contributed by atoms with E-state index in [1.165, 1.54) is 32.2 Å². The summed E-state index contributed by atoms with van der Waals surface area (Å²) in [6, 6.07) is 17.1. The Morgan fingerprint density at radius 3 is 2.19 bits per heavy atom. The van der Waals surface area contributed by atoms with Crippen LogP contribution in [0.25, 0.3) is 6.08 Å². The molecular weight excluding hydrogens is 612 g/mol. The molecule has 0 aromatic heterocycles. The minimum atomic E-state index is -0.993. The van der Waals surface area contributed by atoms with Crippen molar-refractivity contribution in [1.29, 1.82) is 0 Å². The van der Waals surface area contributed by atoms with Gasteiger partial charge in [0.2, 0.25) is 0 Å². The number of hydrogen-bond acceptors (Lipinski definition) is 13. The van der Waals surface area contributed by atoms with E-state index in [1.807, 2.05) is 6.92 Å². The van der Waals surface area contributed by atoms with Crippen molar-refractivity contribution >= 4 is 52.7 Å². The standard InChI is InChI=1S/C33H32N4O10/c1-5-36(21-31(39)47-27-14-6-23(7-15-27)8-17-30(38)44-4)26-12-9-24(10-13-26)34-35-25-11-16-29(37(42)43)28(20-25)33(41)46-19-18-45-32(40)22(2)3/h6-17,20H,2,5,18-19,21H2,1,3-4H3. The molecule has 0 heterocycles. The molecule has 0 aliphatic heterocycles. The summed E-state index contributed by atoms with van der Waals surface area (Å²) in [6.07, 6.45) is 2.87. The molecule has 3 aromatic carbocycles. The zero-order valence-corrected chi connectivity index (χ0v) is 25.9. The van der Waals surface area contributed by atoms with Crippen LogP contribution in [0.4, 0.5) is 22.7 Å². The SMILES string of the molecule is C=C(C)C(=O)OCCOC(=O)c1cc(N=Nc2ccc(N(CC)CC(=O)Oc3ccc(C=CC(=O)OC)cc3)cc2)ccc1[N+](=O)[O-]. The summed E-state index contributed by atoms with van der Waals surface area (Å²) < 4.78 is 19.9. The van der Waals surface area contributed by atoms with Gasteiger partial charge in [0.25, 0.3) is 5.69 Å². The number of likely N-dealkylation sites (N-methyl/N-ethyl adjacent to an activating group) is 1. The topological polar surface area (TPSA) is 176 Å². The Morgan fingerprint density at radius 1 is 0.936 bits per heavy atom. The van der Waals surface area contributed by atoms with Gasteiger partial charge in [0, 0.05) is 29.9 Å². The predicted octanol–water partition coefficient (Wildman–Crippen LogP) is 5.90. The number of ether oxygens (including phenoxy) is 4. The number of benzene rings is 3. The van der Waals surface area contributed by atoms with E-state index >= 15 is 0 Å². The van der Waals surface area contributed by atoms with Crippen LogP contribution in [0.3, 0.4) is 0 Å². The van der Waals surface area contributed by atoms with Gasteiger partial charge < -0.3 is 23.8 Å². The van der Waals surface area contributed by atoms with Gasteiger partial charge >= 0.3 is 23.9 Å². The summed E-state index contributed by atoms with van der Waals surface area (Å²) in [5, 5.41) is 19.7. The van der Waals surface area contributed by atoms with Gasteiger partial charge in [-0.3, -0.25) is 10.1 Å². The summed E-state index contributed by atoms with van der Waals surface area (Å²) in [6.45, 7) is 6.70. The van der Waals surface area contributed by atoms with Gasteiger partial charge in [0.1, 0.15) is 31.1 Å². The first-order chi connectivity index (χ1) is 22.5. The third kappa shape index (κ3) is 11.0. The first kappa shape index (κ1) is 35.3. The lowest BCUT2D eigenvalue weighted by molar-refractivity contribution is -0.385. The van der Waals surface area contributed by atoms with E-state index in [0.717, 1.165) is 17.3 Å². The Kier molecular flexibility index (Phi) is 13.0. The maximum Gasteiger partial charge on any atom is 0.345 e. The number of nitro groups is 1. The van der Waals surface area contributed by atoms with Gasteiger partial charge in [-0.2, -0.15) is 10.2 Å². The van der Waals surface area contributed by atoms with Crippen molar-refractivity contribution in [2.75, 3.05) is 38.3 Å². The van der Waals surface area contributed by atoms with Crippen molar-refractivity contribution in [3.63, 3.8) is 0 Å². The van der Waals surface area contributed by atoms with Crippen LogP contribution in [0, 0.1) is 10.1 Å². The van der Waals surface area contributed by atoms with Crippen molar-refractivity contribution in [3.8, 4) is 5.75 Å². The summed E-state index contributed by atoms with van der Waals surface area (Å²) in [5.74, 6) is -2.25. The van der Waals surface area contributed by atoms with E-state index < -0.39 is 34.5 Å². The number of carbonyl (C=O) groups is 4. The summed E-state index contributed by atoms with van der Waals surface area (Å²) in [4.78, 5) is 60.4. The smallest absolute Gasteiger partial charge is 0.345 e. The first-order valence-electron chi connectivity index (χ1n) is 14.1. The van der Waals surface area contributed by atoms with Crippen molar-refractivity contribution in [2.24, 2.45) is 10.2 Å². The van der Waals surface area contributed by atoms with Crippen LogP contribution in [0.2, 0.25) is 0 Å². The number of nitrogens with zero attached hydrogens (tertiary/aromatic N) is 4. The van der Waals surface area contributed by atoms with Crippen LogP contribution >= 0.6 is 0 Å². The monoisotopic (exact) mass is 644 g/mol. The largest absolute Gasteiger partial charge is 0.466 e. The average molecular weight is 645 g/mol. The lowest BCUT2D eigenvalue weighted by Gasteiger charge is -2.22. The molecular formula is C33H32N4O10. The highest BCUT2D eigenvalue weighted by molar-refractivity contribution is 5.95. The molecule has 47 heavy (non-hydrogen) atoms. The zero-order valence-electron chi connectivity index (χ0n) is 25.9. The van der Waals surface area contributed by atoms with Gasteiger partial charge in [0.05, 0.1) is 23.4 Å². The number of hydrogen-bond donors (Lipinski definition) is 0. The second-order valence-electron chi connectivity index (χ2n) is 9.64. The molecule has 0 atom stereocenters. The quantitative estimate of drug-likeness (QED) is 0.0281. The molecule has 14 heteroatoms. The Bertz CT molecular complexity index is 1680. The number of esters is 4. The second-order valence-corrected chi connectivity index (χ2v) is 9.64. The van der Waals surface area contributed by atoms with E-state index in [9.17, 15) is 29.3 Å². The van der Waals surface area contributed by atoms with Crippen LogP contribution in [-0.2, 0) is 28.6 Å². The van der Waals surface area contributed by atoms with Crippen molar-refractivity contribution in [2.45, 2.75) is 13.8 Å². The fourth-order valence-corrected chi connectivity index (χ4v) is 3.81. The molecule has 0 spiro atoms. The van der Waals surface area contributed by atoms with Crippen molar-refractivity contribution < 1.29 is 43.0 Å². The third-order valence-corrected chi connectivity index (χ3v) is 6.22. The fourth-order valence-electron chi connectivity index (χ4n) is 3.81. The second kappa shape index (κ2) is 17.3. The van der Waals surface area contributed by atoms with Gasteiger partial charge in [-0.15, -0.1) is 0 Å². The number of nitro benzene ring substituents is 1. The summed E-state index contributed by atoms with van der Waals surface area (Å²) in [5.41, 5.74) is 1.40. The molecule has 0 N–H and O–H groups in total. The molecule has 244 valence electrons. The lowest BCUT2D eigenvalue weighted by atomic mass is 10.1. The van der Waals surface area contributed by atoms with Crippen LogP contribution in [0.1, 0.15) is 29.8 Å². The number of rotatable bonds is 15. The van der Waals surface area contributed by atoms with Gasteiger partial charge in [0.15, 0.2) is 0 Å². The molecule has 0 saturated heterocycles. The molecule has 0 aliphatic rings. The van der Waals surface area contributed by atoms with Gasteiger partial charge in [-0.1, -0.05) is 18.7 Å². The van der Waals surface area contributed by atoms with E-state index in [2.05, 4.69) is 21.5 Å². The fraction of sp³-hybridized carbons (Fsp3) is 0.212. The van der Waals surface area contributed by atoms with E-state index in [1.54, 1.807) is 59.5 Å². The van der Waals surface area contributed by atoms with E-state index in [0.29, 0.717) is 18.0 Å². The number of methoxy groups -OCH3 is 1. The van der Waals surface area contributed by atoms with Crippen LogP contribution in [0.5, 0.6) is 5.75 Å². The van der Waals surface area contributed by atoms with E-state index in [4.69, 9.17) is 14.2 Å². The number of carbonyl (C=O) groups excluding carboxylic acids is 4. The Morgan fingerprint density at radius 2 is 1.57 bits per heavy atom. The molecule has 0 fully saturated rings. The average Bonchev–Trinajstić information content (AvgIpc) is 3.07. The molecule has 3 rings (SSSR count). The lowest BCUT2D eigenvalue weighted by Crippen LogP contribution is -2.32. The van der Waals surface area contributed by atoms with Crippen LogP contribution < -0.4 is 9.64 Å². The van der Waals surface area contributed by atoms with Crippen molar-refractivity contribution in [1.82, 2.24) is 0 Å². The van der Waals surface area contributed by atoms with Crippen LogP contribution in [-0.4, -0.2) is 62.2 Å². The summed E-state index contributed by atoms with van der Waals surface area (Å²) >= 11 is 0. The molecule has 0 radical (unpaired) electrons. The molecule has 14 nitrogen and oxygen atoms in total. The maximum atomic E-state index is 12.6. The third-order valence-electron chi connectivity index (χ3n) is 6.22. The molecule has 0 amide bonds. The highest BCUT2D eigenvalue weighted by atomic mass is 16.6. The Hall–Kier alpha value is -6.18. The Balaban J connectivity index is 1.61. The normalized spacial score (nSPS) is 10.8. The molecule has 0 bridgehead atoms. The maximum absolute atomic E-state index is 12.6. The molecule has 0 aliphatic carbocycles. The highest BCUT2D eigenvalue weighted by Gasteiger charge is 2.22. The zero-order chi connectivity index (χ0) is 34.3. The minimum absolute atomic E-state index is 0.0284. The van der Waals surface area contributed by atoms with Gasteiger partial charge in [-0.05, 0) is 74.0 Å². The Labute approximate surface area is 270 Å². The number of anilines is 1. The van der Waals surface area contributed by atoms with Crippen LogP contribution in [0.15, 0.2) is 95.2 Å². The number of azo groups is 1. The summed E-state index contributed by atoms with van der Waals surface area (Å²) in [7, 11) is 1.29. The van der Waals surface area contributed by atoms with E-state index in [-0.39, 0.29) is 36.6 Å². The molecule has 3 aromatic rings. The highest BCUT2D eigenvalue weighted by Crippen LogP contribution is 2.27. The first-order valence-corrected chi connectivity index (χ1v) is 14.1. The minimum Gasteiger partial charge on any atom is -0.466 e.